The fraction of sp³-hybridized carbons (Fsp3) is 0.318. The topological polar surface area (TPSA) is 82.1 Å². The maximum Gasteiger partial charge on any atom is 0.311 e. The van der Waals surface area contributed by atoms with Crippen molar-refractivity contribution in [1.82, 2.24) is 0 Å². The van der Waals surface area contributed by atoms with Crippen molar-refractivity contribution in [3.05, 3.63) is 53.6 Å². The van der Waals surface area contributed by atoms with Gasteiger partial charge in [-0.1, -0.05) is 19.1 Å². The van der Waals surface area contributed by atoms with E-state index in [2.05, 4.69) is 6.92 Å². The van der Waals surface area contributed by atoms with Crippen LogP contribution in [-0.4, -0.2) is 37.6 Å². The predicted octanol–water partition coefficient (Wildman–Crippen LogP) is 2.76. The molecule has 1 atom stereocenters. The Balaban J connectivity index is 1.34. The van der Waals surface area contributed by atoms with Crippen molar-refractivity contribution in [2.24, 2.45) is 5.92 Å². The molecule has 7 nitrogen and oxygen atoms in total. The molecule has 4 rings (SSSR count). The highest BCUT2D eigenvalue weighted by Crippen LogP contribution is 2.32. The molecular formula is C22H21NO6. The molecule has 0 N–H and O–H groups in total. The molecule has 2 aliphatic rings. The second kappa shape index (κ2) is 7.95. The molecule has 150 valence electrons. The van der Waals surface area contributed by atoms with Crippen LogP contribution < -0.4 is 14.4 Å². The summed E-state index contributed by atoms with van der Waals surface area (Å²) in [6, 6.07) is 12.5. The molecule has 0 spiro atoms. The minimum Gasteiger partial charge on any atom is -0.457 e. The maximum atomic E-state index is 12.4. The fourth-order valence-corrected chi connectivity index (χ4v) is 3.43. The minimum absolute atomic E-state index is 0.0760. The van der Waals surface area contributed by atoms with Crippen molar-refractivity contribution in [3.63, 3.8) is 0 Å². The van der Waals surface area contributed by atoms with Crippen LogP contribution in [0.15, 0.2) is 42.5 Å². The van der Waals surface area contributed by atoms with Crippen LogP contribution >= 0.6 is 0 Å². The quantitative estimate of drug-likeness (QED) is 0.553. The van der Waals surface area contributed by atoms with E-state index in [1.165, 1.54) is 5.56 Å². The van der Waals surface area contributed by atoms with Crippen LogP contribution in [0.1, 0.15) is 29.3 Å². The molecule has 7 heteroatoms. The summed E-state index contributed by atoms with van der Waals surface area (Å²) in [4.78, 5) is 38.6. The number of anilines is 1. The molecule has 29 heavy (non-hydrogen) atoms. The third-order valence-electron chi connectivity index (χ3n) is 5.15. The first-order valence-corrected chi connectivity index (χ1v) is 9.54. The van der Waals surface area contributed by atoms with Gasteiger partial charge in [0.15, 0.2) is 23.9 Å². The molecule has 2 aromatic carbocycles. The molecule has 0 aromatic heterocycles. The summed E-state index contributed by atoms with van der Waals surface area (Å²) in [6.07, 6.45) is 0.993. The Morgan fingerprint density at radius 1 is 1.10 bits per heavy atom. The Morgan fingerprint density at radius 2 is 1.86 bits per heavy atom. The van der Waals surface area contributed by atoms with Gasteiger partial charge in [0.25, 0.3) is 0 Å². The Kier molecular flexibility index (Phi) is 5.20. The summed E-state index contributed by atoms with van der Waals surface area (Å²) >= 11 is 0. The van der Waals surface area contributed by atoms with Gasteiger partial charge in [-0.15, -0.1) is 0 Å². The molecule has 2 aliphatic heterocycles. The Hall–Kier alpha value is -3.35. The highest BCUT2D eigenvalue weighted by Gasteiger charge is 2.36. The summed E-state index contributed by atoms with van der Waals surface area (Å²) in [5, 5.41) is 0. The SMILES string of the molecule is CCc1ccc(N2CC(C(=O)OCC(=O)c3ccc4c(c3)OCO4)CC2=O)cc1. The first-order chi connectivity index (χ1) is 14.0. The Morgan fingerprint density at radius 3 is 2.62 bits per heavy atom. The van der Waals surface area contributed by atoms with Gasteiger partial charge in [-0.3, -0.25) is 14.4 Å². The van der Waals surface area contributed by atoms with Crippen LogP contribution in [0.5, 0.6) is 11.5 Å². The largest absolute Gasteiger partial charge is 0.457 e. The number of fused-ring (bicyclic) bond motifs is 1. The number of ketones is 1. The number of rotatable bonds is 6. The van der Waals surface area contributed by atoms with Crippen LogP contribution in [0.25, 0.3) is 0 Å². The summed E-state index contributed by atoms with van der Waals surface area (Å²) in [7, 11) is 0. The lowest BCUT2D eigenvalue weighted by atomic mass is 10.1. The second-order valence-corrected chi connectivity index (χ2v) is 7.02. The van der Waals surface area contributed by atoms with Crippen molar-refractivity contribution in [3.8, 4) is 11.5 Å². The van der Waals surface area contributed by atoms with Gasteiger partial charge in [-0.25, -0.2) is 0 Å². The first kappa shape index (κ1) is 19.0. The summed E-state index contributed by atoms with van der Waals surface area (Å²) in [6.45, 7) is 2.05. The van der Waals surface area contributed by atoms with Crippen molar-refractivity contribution in [1.29, 1.82) is 0 Å². The minimum atomic E-state index is -0.585. The van der Waals surface area contributed by atoms with Gasteiger partial charge in [0.05, 0.1) is 5.92 Å². The van der Waals surface area contributed by atoms with Gasteiger partial charge >= 0.3 is 5.97 Å². The number of Topliss-reactive ketones (excluding diaryl/α,β-unsaturated/α-hetero) is 1. The van der Waals surface area contributed by atoms with Gasteiger partial charge in [0, 0.05) is 24.2 Å². The van der Waals surface area contributed by atoms with Crippen molar-refractivity contribution >= 4 is 23.3 Å². The molecule has 1 unspecified atom stereocenters. The zero-order valence-electron chi connectivity index (χ0n) is 16.1. The third kappa shape index (κ3) is 3.94. The number of hydrogen-bond acceptors (Lipinski definition) is 6. The molecule has 0 aliphatic carbocycles. The molecule has 0 saturated carbocycles. The predicted molar refractivity (Wildman–Crippen MR) is 104 cm³/mol. The molecule has 1 fully saturated rings. The molecule has 1 amide bonds. The molecular weight excluding hydrogens is 374 g/mol. The smallest absolute Gasteiger partial charge is 0.311 e. The third-order valence-corrected chi connectivity index (χ3v) is 5.15. The fourth-order valence-electron chi connectivity index (χ4n) is 3.43. The summed E-state index contributed by atoms with van der Waals surface area (Å²) < 4.78 is 15.7. The number of carbonyl (C=O) groups is 3. The molecule has 1 saturated heterocycles. The van der Waals surface area contributed by atoms with E-state index in [9.17, 15) is 14.4 Å². The number of hydrogen-bond donors (Lipinski definition) is 0. The Bertz CT molecular complexity index is 952. The van der Waals surface area contributed by atoms with Gasteiger partial charge < -0.3 is 19.1 Å². The lowest BCUT2D eigenvalue weighted by Gasteiger charge is -2.17. The van der Waals surface area contributed by atoms with Crippen molar-refractivity contribution in [2.45, 2.75) is 19.8 Å². The van der Waals surface area contributed by atoms with Crippen molar-refractivity contribution < 1.29 is 28.6 Å². The van der Waals surface area contributed by atoms with E-state index < -0.39 is 11.9 Å². The van der Waals surface area contributed by atoms with Crippen molar-refractivity contribution in [2.75, 3.05) is 24.8 Å². The monoisotopic (exact) mass is 395 g/mol. The summed E-state index contributed by atoms with van der Waals surface area (Å²) in [5.41, 5.74) is 2.32. The standard InChI is InChI=1S/C22H21NO6/c1-2-14-3-6-17(7-4-14)23-11-16(10-21(23)25)22(26)27-12-18(24)15-5-8-19-20(9-15)29-13-28-19/h3-9,16H,2,10-13H2,1H3. The number of benzene rings is 2. The van der Waals surface area contributed by atoms with Gasteiger partial charge in [-0.2, -0.15) is 0 Å². The number of esters is 1. The van der Waals surface area contributed by atoms with E-state index >= 15 is 0 Å². The van der Waals surface area contributed by atoms with E-state index in [-0.39, 0.29) is 38.1 Å². The summed E-state index contributed by atoms with van der Waals surface area (Å²) in [5.74, 6) is -0.521. The van der Waals surface area contributed by atoms with Gasteiger partial charge in [0.1, 0.15) is 0 Å². The van der Waals surface area contributed by atoms with E-state index in [0.717, 1.165) is 12.1 Å². The molecule has 2 heterocycles. The number of amides is 1. The zero-order chi connectivity index (χ0) is 20.4. The van der Waals surface area contributed by atoms with Gasteiger partial charge in [0.2, 0.25) is 12.7 Å². The normalized spacial score (nSPS) is 17.5. The number of ether oxygens (including phenoxy) is 3. The number of nitrogens with zero attached hydrogens (tertiary/aromatic N) is 1. The maximum absolute atomic E-state index is 12.4. The second-order valence-electron chi connectivity index (χ2n) is 7.02. The van der Waals surface area contributed by atoms with E-state index in [0.29, 0.717) is 17.1 Å². The zero-order valence-corrected chi connectivity index (χ0v) is 16.1. The van der Waals surface area contributed by atoms with Crippen LogP contribution in [-0.2, 0) is 20.7 Å². The molecule has 0 bridgehead atoms. The molecule has 2 aromatic rings. The van der Waals surface area contributed by atoms with E-state index in [1.54, 1.807) is 23.1 Å². The van der Waals surface area contributed by atoms with E-state index in [4.69, 9.17) is 14.2 Å². The average Bonchev–Trinajstić information content (AvgIpc) is 3.37. The highest BCUT2D eigenvalue weighted by atomic mass is 16.7. The first-order valence-electron chi connectivity index (χ1n) is 9.54. The Labute approximate surface area is 168 Å². The lowest BCUT2D eigenvalue weighted by molar-refractivity contribution is -0.147. The number of carbonyl (C=O) groups excluding carboxylic acids is 3. The lowest BCUT2D eigenvalue weighted by Crippen LogP contribution is -2.27. The van der Waals surface area contributed by atoms with Crippen LogP contribution in [0.4, 0.5) is 5.69 Å². The van der Waals surface area contributed by atoms with Crippen LogP contribution in [0.2, 0.25) is 0 Å². The average molecular weight is 395 g/mol. The van der Waals surface area contributed by atoms with Crippen LogP contribution in [0, 0.1) is 5.92 Å². The van der Waals surface area contributed by atoms with E-state index in [1.807, 2.05) is 24.3 Å². The van der Waals surface area contributed by atoms with Crippen LogP contribution in [0.3, 0.4) is 0 Å². The number of aryl methyl sites for hydroxylation is 1. The highest BCUT2D eigenvalue weighted by molar-refractivity contribution is 6.01. The van der Waals surface area contributed by atoms with Gasteiger partial charge in [-0.05, 0) is 42.3 Å². The molecule has 0 radical (unpaired) electrons.